The molecule has 0 bridgehead atoms. The summed E-state index contributed by atoms with van der Waals surface area (Å²) in [6.07, 6.45) is 4.69. The molecule has 4 heteroatoms. The largest absolute Gasteiger partial charge is 0.478 e. The summed E-state index contributed by atoms with van der Waals surface area (Å²) in [7, 11) is 0. The van der Waals surface area contributed by atoms with Crippen LogP contribution < -0.4 is 4.74 Å². The molecule has 1 aliphatic rings. The van der Waals surface area contributed by atoms with Gasteiger partial charge in [0, 0.05) is 6.07 Å². The predicted octanol–water partition coefficient (Wildman–Crippen LogP) is 4.71. The molecule has 0 aliphatic heterocycles. The standard InChI is InChI=1S/C17H15ClO3/c18-16-10-14(7-8-15(16)17(19)20)21-13-6-5-11-3-1-2-4-12(11)9-13/h5-10H,1-4H2,(H,19,20). The van der Waals surface area contributed by atoms with Crippen LogP contribution in [0.25, 0.3) is 0 Å². The number of ether oxygens (including phenoxy) is 1. The zero-order valence-corrected chi connectivity index (χ0v) is 12.2. The lowest BCUT2D eigenvalue weighted by atomic mass is 9.92. The molecule has 0 radical (unpaired) electrons. The van der Waals surface area contributed by atoms with Gasteiger partial charge in [0.15, 0.2) is 0 Å². The zero-order chi connectivity index (χ0) is 14.8. The average Bonchev–Trinajstić information content (AvgIpc) is 2.47. The number of benzene rings is 2. The third-order valence-corrected chi connectivity index (χ3v) is 4.04. The molecule has 108 valence electrons. The molecule has 3 rings (SSSR count). The Morgan fingerprint density at radius 3 is 2.38 bits per heavy atom. The summed E-state index contributed by atoms with van der Waals surface area (Å²) in [5.41, 5.74) is 2.81. The number of rotatable bonds is 3. The Morgan fingerprint density at radius 1 is 1.00 bits per heavy atom. The highest BCUT2D eigenvalue weighted by molar-refractivity contribution is 6.33. The summed E-state index contributed by atoms with van der Waals surface area (Å²) in [6, 6.07) is 10.7. The van der Waals surface area contributed by atoms with E-state index in [2.05, 4.69) is 12.1 Å². The molecule has 0 saturated heterocycles. The summed E-state index contributed by atoms with van der Waals surface area (Å²) in [5, 5.41) is 9.13. The third kappa shape index (κ3) is 3.03. The molecule has 1 N–H and O–H groups in total. The first-order valence-corrected chi connectivity index (χ1v) is 7.34. The van der Waals surface area contributed by atoms with Gasteiger partial charge in [0.05, 0.1) is 10.6 Å². The molecule has 0 unspecified atom stereocenters. The maximum atomic E-state index is 10.9. The van der Waals surface area contributed by atoms with Crippen LogP contribution in [0.15, 0.2) is 36.4 Å². The Labute approximate surface area is 128 Å². The number of hydrogen-bond donors (Lipinski definition) is 1. The number of carboxylic acid groups (broad SMARTS) is 1. The Hall–Kier alpha value is -2.00. The van der Waals surface area contributed by atoms with Crippen LogP contribution in [0.3, 0.4) is 0 Å². The second kappa shape index (κ2) is 5.78. The fraction of sp³-hybridized carbons (Fsp3) is 0.235. The van der Waals surface area contributed by atoms with Crippen molar-refractivity contribution < 1.29 is 14.6 Å². The molecule has 21 heavy (non-hydrogen) atoms. The van der Waals surface area contributed by atoms with Gasteiger partial charge in [-0.1, -0.05) is 17.7 Å². The lowest BCUT2D eigenvalue weighted by Gasteiger charge is -2.16. The van der Waals surface area contributed by atoms with Gasteiger partial charge in [0.25, 0.3) is 0 Å². The normalized spacial score (nSPS) is 13.6. The minimum atomic E-state index is -1.04. The lowest BCUT2D eigenvalue weighted by molar-refractivity contribution is 0.0697. The van der Waals surface area contributed by atoms with Gasteiger partial charge in [0.2, 0.25) is 0 Å². The smallest absolute Gasteiger partial charge is 0.337 e. The summed E-state index contributed by atoms with van der Waals surface area (Å²) < 4.78 is 5.78. The second-order valence-corrected chi connectivity index (χ2v) is 5.59. The van der Waals surface area contributed by atoms with Crippen LogP contribution >= 0.6 is 11.6 Å². The molecule has 0 saturated carbocycles. The van der Waals surface area contributed by atoms with Gasteiger partial charge in [-0.3, -0.25) is 0 Å². The van der Waals surface area contributed by atoms with Gasteiger partial charge in [-0.2, -0.15) is 0 Å². The van der Waals surface area contributed by atoms with Gasteiger partial charge in [-0.05, 0) is 61.1 Å². The molecule has 3 nitrogen and oxygen atoms in total. The maximum absolute atomic E-state index is 10.9. The molecular weight excluding hydrogens is 288 g/mol. The van der Waals surface area contributed by atoms with Crippen molar-refractivity contribution >= 4 is 17.6 Å². The van der Waals surface area contributed by atoms with E-state index in [0.717, 1.165) is 18.6 Å². The quantitative estimate of drug-likeness (QED) is 0.893. The van der Waals surface area contributed by atoms with E-state index in [4.69, 9.17) is 21.4 Å². The third-order valence-electron chi connectivity index (χ3n) is 3.73. The van der Waals surface area contributed by atoms with Crippen molar-refractivity contribution in [3.8, 4) is 11.5 Å². The summed E-state index contributed by atoms with van der Waals surface area (Å²) in [6.45, 7) is 0. The van der Waals surface area contributed by atoms with Gasteiger partial charge >= 0.3 is 5.97 Å². The first-order valence-electron chi connectivity index (χ1n) is 6.96. The number of carbonyl (C=O) groups is 1. The van der Waals surface area contributed by atoms with Crippen LogP contribution in [0.1, 0.15) is 34.3 Å². The van der Waals surface area contributed by atoms with Gasteiger partial charge in [-0.15, -0.1) is 0 Å². The van der Waals surface area contributed by atoms with Gasteiger partial charge < -0.3 is 9.84 Å². The first-order chi connectivity index (χ1) is 10.1. The van der Waals surface area contributed by atoms with Crippen molar-refractivity contribution in [2.24, 2.45) is 0 Å². The molecular formula is C17H15ClO3. The SMILES string of the molecule is O=C(O)c1ccc(Oc2ccc3c(c2)CCCC3)cc1Cl. The van der Waals surface area contributed by atoms with Crippen molar-refractivity contribution in [3.05, 3.63) is 58.1 Å². The van der Waals surface area contributed by atoms with E-state index >= 15 is 0 Å². The van der Waals surface area contributed by atoms with E-state index in [9.17, 15) is 4.79 Å². The molecule has 1 aliphatic carbocycles. The maximum Gasteiger partial charge on any atom is 0.337 e. The van der Waals surface area contributed by atoms with Crippen molar-refractivity contribution in [1.29, 1.82) is 0 Å². The van der Waals surface area contributed by atoms with Crippen LogP contribution in [0.5, 0.6) is 11.5 Å². The molecule has 0 fully saturated rings. The minimum Gasteiger partial charge on any atom is -0.478 e. The average molecular weight is 303 g/mol. The topological polar surface area (TPSA) is 46.5 Å². The number of aryl methyl sites for hydroxylation is 2. The van der Waals surface area contributed by atoms with Crippen LogP contribution in [0.4, 0.5) is 0 Å². The summed E-state index contributed by atoms with van der Waals surface area (Å²) in [4.78, 5) is 10.9. The van der Waals surface area contributed by atoms with Gasteiger partial charge in [0.1, 0.15) is 11.5 Å². The highest BCUT2D eigenvalue weighted by Gasteiger charge is 2.12. The number of carboxylic acids is 1. The Balaban J connectivity index is 1.83. The molecule has 0 atom stereocenters. The van der Waals surface area contributed by atoms with E-state index in [0.29, 0.717) is 5.75 Å². The number of hydrogen-bond acceptors (Lipinski definition) is 2. The van der Waals surface area contributed by atoms with E-state index in [1.807, 2.05) is 6.07 Å². The van der Waals surface area contributed by atoms with Crippen LogP contribution in [-0.2, 0) is 12.8 Å². The molecule has 2 aromatic carbocycles. The van der Waals surface area contributed by atoms with E-state index < -0.39 is 5.97 Å². The van der Waals surface area contributed by atoms with E-state index in [1.54, 1.807) is 6.07 Å². The van der Waals surface area contributed by atoms with Crippen molar-refractivity contribution in [3.63, 3.8) is 0 Å². The number of fused-ring (bicyclic) bond motifs is 1. The molecule has 0 aromatic heterocycles. The molecule has 0 amide bonds. The van der Waals surface area contributed by atoms with Crippen LogP contribution in [-0.4, -0.2) is 11.1 Å². The molecule has 0 spiro atoms. The monoisotopic (exact) mass is 302 g/mol. The molecule has 0 heterocycles. The second-order valence-electron chi connectivity index (χ2n) is 5.19. The number of halogens is 1. The van der Waals surface area contributed by atoms with Gasteiger partial charge in [-0.25, -0.2) is 4.79 Å². The van der Waals surface area contributed by atoms with Crippen molar-refractivity contribution in [2.45, 2.75) is 25.7 Å². The van der Waals surface area contributed by atoms with Crippen molar-refractivity contribution in [1.82, 2.24) is 0 Å². The Kier molecular flexibility index (Phi) is 3.84. The van der Waals surface area contributed by atoms with E-state index in [1.165, 1.54) is 36.1 Å². The number of aromatic carboxylic acids is 1. The lowest BCUT2D eigenvalue weighted by Crippen LogP contribution is -2.02. The fourth-order valence-electron chi connectivity index (χ4n) is 2.64. The highest BCUT2D eigenvalue weighted by Crippen LogP contribution is 2.30. The van der Waals surface area contributed by atoms with E-state index in [-0.39, 0.29) is 10.6 Å². The highest BCUT2D eigenvalue weighted by atomic mass is 35.5. The first kappa shape index (κ1) is 14.0. The zero-order valence-electron chi connectivity index (χ0n) is 11.4. The molecule has 2 aromatic rings. The Morgan fingerprint density at radius 2 is 1.67 bits per heavy atom. The predicted molar refractivity (Wildman–Crippen MR) is 81.6 cm³/mol. The summed E-state index contributed by atoms with van der Waals surface area (Å²) >= 11 is 5.95. The minimum absolute atomic E-state index is 0.0782. The fourth-order valence-corrected chi connectivity index (χ4v) is 2.89. The van der Waals surface area contributed by atoms with Crippen LogP contribution in [0.2, 0.25) is 5.02 Å². The Bertz CT molecular complexity index is 694. The van der Waals surface area contributed by atoms with Crippen molar-refractivity contribution in [2.75, 3.05) is 0 Å². The summed E-state index contributed by atoms with van der Waals surface area (Å²) in [5.74, 6) is 0.260. The van der Waals surface area contributed by atoms with Crippen LogP contribution in [0, 0.1) is 0 Å².